The Morgan fingerprint density at radius 2 is 2.00 bits per heavy atom. The topological polar surface area (TPSA) is 46.5 Å². The van der Waals surface area contributed by atoms with Gasteiger partial charge >= 0.3 is 5.97 Å². The van der Waals surface area contributed by atoms with Crippen LogP contribution in [0.5, 0.6) is 0 Å². The molecule has 1 aromatic carbocycles. The molecule has 0 aromatic heterocycles. The maximum Gasteiger partial charge on any atom is 0.332 e. The molecule has 0 amide bonds. The van der Waals surface area contributed by atoms with E-state index in [0.717, 1.165) is 12.1 Å². The highest BCUT2D eigenvalue weighted by Crippen LogP contribution is 2.13. The Morgan fingerprint density at radius 1 is 1.47 bits per heavy atom. The van der Waals surface area contributed by atoms with Crippen LogP contribution in [0.3, 0.4) is 0 Å². The van der Waals surface area contributed by atoms with E-state index in [-0.39, 0.29) is 5.56 Å². The number of halogens is 2. The number of ether oxygens (including phenoxy) is 1. The summed E-state index contributed by atoms with van der Waals surface area (Å²) in [6, 6.07) is 3.41. The monoisotopic (exact) mass is 216 g/mol. The second-order valence-corrected chi connectivity index (χ2v) is 2.99. The quantitative estimate of drug-likeness (QED) is 0.836. The minimum atomic E-state index is -1.17. The third-order valence-electron chi connectivity index (χ3n) is 1.89. The molecule has 0 spiro atoms. The Labute approximate surface area is 85.3 Å². The molecule has 0 fully saturated rings. The molecule has 0 saturated carbocycles. The summed E-state index contributed by atoms with van der Waals surface area (Å²) in [7, 11) is 0. The third-order valence-corrected chi connectivity index (χ3v) is 1.89. The van der Waals surface area contributed by atoms with Crippen molar-refractivity contribution in [2.75, 3.05) is 0 Å². The van der Waals surface area contributed by atoms with E-state index < -0.39 is 30.3 Å². The molecule has 0 radical (unpaired) electrons. The number of carbonyl (C=O) groups is 1. The Morgan fingerprint density at radius 3 is 2.47 bits per heavy atom. The highest BCUT2D eigenvalue weighted by atomic mass is 19.1. The second-order valence-electron chi connectivity index (χ2n) is 2.99. The summed E-state index contributed by atoms with van der Waals surface area (Å²) in [6.45, 7) is 0.896. The van der Waals surface area contributed by atoms with Crippen LogP contribution >= 0.6 is 0 Å². The number of hydrogen-bond donors (Lipinski definition) is 1. The van der Waals surface area contributed by atoms with Crippen molar-refractivity contribution in [2.45, 2.75) is 19.6 Å². The molecule has 82 valence electrons. The standard InChI is InChI=1S/C10H10F2O3/c1-6(10(13)14)15-5-7-8(11)3-2-4-9(7)12/h2-4,6H,5H2,1H3,(H,13,14)/t6-/m0/s1. The average Bonchev–Trinajstić information content (AvgIpc) is 2.16. The molecule has 0 aliphatic heterocycles. The van der Waals surface area contributed by atoms with Crippen LogP contribution in [0.25, 0.3) is 0 Å². The molecule has 15 heavy (non-hydrogen) atoms. The van der Waals surface area contributed by atoms with Gasteiger partial charge in [-0.3, -0.25) is 0 Å². The van der Waals surface area contributed by atoms with E-state index in [9.17, 15) is 13.6 Å². The van der Waals surface area contributed by atoms with Gasteiger partial charge in [0.25, 0.3) is 0 Å². The zero-order valence-corrected chi connectivity index (χ0v) is 8.04. The highest BCUT2D eigenvalue weighted by molar-refractivity contribution is 5.71. The number of carboxylic acid groups (broad SMARTS) is 1. The summed E-state index contributed by atoms with van der Waals surface area (Å²) >= 11 is 0. The average molecular weight is 216 g/mol. The second kappa shape index (κ2) is 4.84. The van der Waals surface area contributed by atoms with Gasteiger partial charge in [-0.05, 0) is 19.1 Å². The molecule has 3 nitrogen and oxygen atoms in total. The summed E-state index contributed by atoms with van der Waals surface area (Å²) in [4.78, 5) is 10.4. The fourth-order valence-corrected chi connectivity index (χ4v) is 0.950. The largest absolute Gasteiger partial charge is 0.479 e. The van der Waals surface area contributed by atoms with Gasteiger partial charge < -0.3 is 9.84 Å². The molecule has 1 aromatic rings. The number of aliphatic carboxylic acids is 1. The SMILES string of the molecule is C[C@H](OCc1c(F)cccc1F)C(=O)O. The lowest BCUT2D eigenvalue weighted by molar-refractivity contribution is -0.150. The van der Waals surface area contributed by atoms with Crippen molar-refractivity contribution in [3.05, 3.63) is 35.4 Å². The van der Waals surface area contributed by atoms with Gasteiger partial charge in [0, 0.05) is 5.56 Å². The zero-order valence-electron chi connectivity index (χ0n) is 8.04. The van der Waals surface area contributed by atoms with E-state index in [1.165, 1.54) is 13.0 Å². The van der Waals surface area contributed by atoms with Crippen molar-refractivity contribution in [1.29, 1.82) is 0 Å². The van der Waals surface area contributed by atoms with Crippen LogP contribution in [-0.2, 0) is 16.1 Å². The summed E-state index contributed by atoms with van der Waals surface area (Å²) in [5, 5.41) is 8.49. The van der Waals surface area contributed by atoms with Crippen LogP contribution in [0.4, 0.5) is 8.78 Å². The third kappa shape index (κ3) is 2.99. The highest BCUT2D eigenvalue weighted by Gasteiger charge is 2.14. The van der Waals surface area contributed by atoms with E-state index in [1.54, 1.807) is 0 Å². The predicted molar refractivity (Wildman–Crippen MR) is 48.2 cm³/mol. The van der Waals surface area contributed by atoms with Crippen molar-refractivity contribution in [3.63, 3.8) is 0 Å². The Balaban J connectivity index is 2.69. The molecule has 0 aliphatic carbocycles. The van der Waals surface area contributed by atoms with Crippen molar-refractivity contribution in [3.8, 4) is 0 Å². The first-order valence-corrected chi connectivity index (χ1v) is 4.29. The molecule has 5 heteroatoms. The normalized spacial score (nSPS) is 12.5. The van der Waals surface area contributed by atoms with Gasteiger partial charge in [0.15, 0.2) is 6.10 Å². The van der Waals surface area contributed by atoms with Gasteiger partial charge in [-0.1, -0.05) is 6.07 Å². The van der Waals surface area contributed by atoms with Crippen LogP contribution < -0.4 is 0 Å². The molecular formula is C10H10F2O3. The van der Waals surface area contributed by atoms with Crippen molar-refractivity contribution >= 4 is 5.97 Å². The Kier molecular flexibility index (Phi) is 3.74. The molecular weight excluding hydrogens is 206 g/mol. The van der Waals surface area contributed by atoms with Crippen LogP contribution in [0.15, 0.2) is 18.2 Å². The van der Waals surface area contributed by atoms with Crippen molar-refractivity contribution in [2.24, 2.45) is 0 Å². The fraction of sp³-hybridized carbons (Fsp3) is 0.300. The lowest BCUT2D eigenvalue weighted by Crippen LogP contribution is -2.20. The molecule has 0 bridgehead atoms. The number of carboxylic acids is 1. The minimum Gasteiger partial charge on any atom is -0.479 e. The smallest absolute Gasteiger partial charge is 0.332 e. The van der Waals surface area contributed by atoms with Crippen molar-refractivity contribution < 1.29 is 23.4 Å². The first-order valence-electron chi connectivity index (χ1n) is 4.29. The van der Waals surface area contributed by atoms with Crippen molar-refractivity contribution in [1.82, 2.24) is 0 Å². The Hall–Kier alpha value is -1.49. The maximum absolute atomic E-state index is 13.0. The summed E-state index contributed by atoms with van der Waals surface area (Å²) < 4.78 is 30.8. The van der Waals surface area contributed by atoms with Gasteiger partial charge in [-0.2, -0.15) is 0 Å². The number of benzene rings is 1. The minimum absolute atomic E-state index is 0.259. The van der Waals surface area contributed by atoms with E-state index >= 15 is 0 Å². The lowest BCUT2D eigenvalue weighted by Gasteiger charge is -2.09. The van der Waals surface area contributed by atoms with E-state index in [2.05, 4.69) is 0 Å². The summed E-state index contributed by atoms with van der Waals surface area (Å²) in [5.74, 6) is -2.66. The van der Waals surface area contributed by atoms with Crippen LogP contribution in [0.1, 0.15) is 12.5 Å². The first kappa shape index (κ1) is 11.6. The zero-order chi connectivity index (χ0) is 11.4. The molecule has 1 atom stereocenters. The van der Waals surface area contributed by atoms with Crippen LogP contribution in [-0.4, -0.2) is 17.2 Å². The van der Waals surface area contributed by atoms with E-state index in [4.69, 9.17) is 9.84 Å². The number of hydrogen-bond acceptors (Lipinski definition) is 2. The van der Waals surface area contributed by atoms with Gasteiger partial charge in [-0.15, -0.1) is 0 Å². The summed E-state index contributed by atoms with van der Waals surface area (Å²) in [6.07, 6.45) is -1.09. The molecule has 1 rings (SSSR count). The first-order chi connectivity index (χ1) is 7.02. The predicted octanol–water partition coefficient (Wildman–Crippen LogP) is 1.95. The van der Waals surface area contributed by atoms with Gasteiger partial charge in [0.1, 0.15) is 11.6 Å². The summed E-state index contributed by atoms with van der Waals surface area (Å²) in [5.41, 5.74) is -0.259. The molecule has 0 saturated heterocycles. The number of rotatable bonds is 4. The van der Waals surface area contributed by atoms with Gasteiger partial charge in [-0.25, -0.2) is 13.6 Å². The van der Waals surface area contributed by atoms with E-state index in [1.807, 2.05) is 0 Å². The molecule has 0 heterocycles. The van der Waals surface area contributed by atoms with Crippen LogP contribution in [0.2, 0.25) is 0 Å². The lowest BCUT2D eigenvalue weighted by atomic mass is 10.2. The van der Waals surface area contributed by atoms with E-state index in [0.29, 0.717) is 0 Å². The maximum atomic E-state index is 13.0. The fourth-order valence-electron chi connectivity index (χ4n) is 0.950. The molecule has 0 unspecified atom stereocenters. The Bertz CT molecular complexity index is 345. The van der Waals surface area contributed by atoms with Crippen LogP contribution in [0, 0.1) is 11.6 Å². The molecule has 1 N–H and O–H groups in total. The molecule has 0 aliphatic rings. The van der Waals surface area contributed by atoms with Gasteiger partial charge in [0.2, 0.25) is 0 Å². The van der Waals surface area contributed by atoms with Gasteiger partial charge in [0.05, 0.1) is 6.61 Å².